The maximum absolute atomic E-state index is 10.8. The Morgan fingerprint density at radius 3 is 2.06 bits per heavy atom. The maximum Gasteiger partial charge on any atom is 0.197 e. The van der Waals surface area contributed by atoms with Crippen LogP contribution in [0.4, 0.5) is 0 Å². The van der Waals surface area contributed by atoms with E-state index < -0.39 is 30.7 Å². The molecule has 2 aliphatic rings. The first-order valence-electron chi connectivity index (χ1n) is 12.3. The van der Waals surface area contributed by atoms with Crippen molar-refractivity contribution in [1.82, 2.24) is 0 Å². The van der Waals surface area contributed by atoms with Gasteiger partial charge in [0, 0.05) is 13.2 Å². The van der Waals surface area contributed by atoms with Crippen molar-refractivity contribution in [2.45, 2.75) is 68.9 Å². The van der Waals surface area contributed by atoms with Crippen LogP contribution in [0.5, 0.6) is 28.7 Å². The number of rotatable bonds is 10. The molecule has 2 N–H and O–H groups in total. The van der Waals surface area contributed by atoms with Crippen LogP contribution in [0.15, 0.2) is 42.5 Å². The number of benzene rings is 2. The molecule has 9 heteroatoms. The summed E-state index contributed by atoms with van der Waals surface area (Å²) in [7, 11) is 4.54. The monoisotopic (exact) mass is 504 g/mol. The second kappa shape index (κ2) is 12.5. The lowest BCUT2D eigenvalue weighted by molar-refractivity contribution is -0.287. The molecule has 0 radical (unpaired) electrons. The molecule has 1 saturated carbocycles. The predicted octanol–water partition coefficient (Wildman–Crippen LogP) is 3.33. The van der Waals surface area contributed by atoms with Gasteiger partial charge in [-0.1, -0.05) is 6.42 Å². The first kappa shape index (κ1) is 26.3. The molecule has 36 heavy (non-hydrogen) atoms. The summed E-state index contributed by atoms with van der Waals surface area (Å²) in [6.45, 7) is -0.0203. The van der Waals surface area contributed by atoms with Crippen molar-refractivity contribution in [3.8, 4) is 28.7 Å². The highest BCUT2D eigenvalue weighted by molar-refractivity contribution is 5.45. The van der Waals surface area contributed by atoms with Gasteiger partial charge in [0.2, 0.25) is 0 Å². The Morgan fingerprint density at radius 1 is 0.778 bits per heavy atom. The van der Waals surface area contributed by atoms with Crippen molar-refractivity contribution in [1.29, 1.82) is 0 Å². The summed E-state index contributed by atoms with van der Waals surface area (Å²) in [4.78, 5) is 0. The largest absolute Gasteiger partial charge is 0.493 e. The van der Waals surface area contributed by atoms with Crippen molar-refractivity contribution in [3.63, 3.8) is 0 Å². The summed E-state index contributed by atoms with van der Waals surface area (Å²) in [6, 6.07) is 12.3. The van der Waals surface area contributed by atoms with Gasteiger partial charge in [0.25, 0.3) is 0 Å². The van der Waals surface area contributed by atoms with E-state index in [1.54, 1.807) is 37.4 Å². The minimum absolute atomic E-state index is 0.0203. The van der Waals surface area contributed by atoms with Crippen molar-refractivity contribution in [3.05, 3.63) is 42.5 Å². The van der Waals surface area contributed by atoms with Gasteiger partial charge in [0.15, 0.2) is 23.9 Å². The van der Waals surface area contributed by atoms with Crippen molar-refractivity contribution >= 4 is 0 Å². The summed E-state index contributed by atoms with van der Waals surface area (Å²) in [6.07, 6.45) is 0.869. The normalized spacial score (nSPS) is 26.8. The molecule has 1 aliphatic heterocycles. The van der Waals surface area contributed by atoms with Gasteiger partial charge in [0.1, 0.15) is 42.2 Å². The molecule has 2 aromatic carbocycles. The van der Waals surface area contributed by atoms with Crippen LogP contribution in [-0.2, 0) is 9.47 Å². The van der Waals surface area contributed by atoms with Crippen molar-refractivity contribution in [2.24, 2.45) is 0 Å². The fourth-order valence-corrected chi connectivity index (χ4v) is 4.57. The Kier molecular flexibility index (Phi) is 9.14. The molecule has 0 spiro atoms. The zero-order valence-corrected chi connectivity index (χ0v) is 21.0. The van der Waals surface area contributed by atoms with Gasteiger partial charge >= 0.3 is 0 Å². The molecule has 5 atom stereocenters. The quantitative estimate of drug-likeness (QED) is 0.504. The smallest absolute Gasteiger partial charge is 0.197 e. The molecule has 1 heterocycles. The summed E-state index contributed by atoms with van der Waals surface area (Å²) >= 11 is 0. The van der Waals surface area contributed by atoms with Crippen LogP contribution in [0.2, 0.25) is 0 Å². The number of hydrogen-bond acceptors (Lipinski definition) is 9. The van der Waals surface area contributed by atoms with Gasteiger partial charge in [-0.2, -0.15) is 0 Å². The molecular formula is C27H36O9. The Hall–Kier alpha value is -2.72. The van der Waals surface area contributed by atoms with Crippen LogP contribution >= 0.6 is 0 Å². The first-order chi connectivity index (χ1) is 17.5. The Morgan fingerprint density at radius 2 is 1.42 bits per heavy atom. The van der Waals surface area contributed by atoms with E-state index in [-0.39, 0.29) is 12.7 Å². The van der Waals surface area contributed by atoms with Crippen molar-refractivity contribution < 1.29 is 43.4 Å². The highest BCUT2D eigenvalue weighted by Crippen LogP contribution is 2.32. The second-order valence-corrected chi connectivity index (χ2v) is 9.02. The Balaban J connectivity index is 1.35. The van der Waals surface area contributed by atoms with E-state index in [9.17, 15) is 10.2 Å². The molecule has 0 amide bonds. The minimum atomic E-state index is -1.26. The van der Waals surface area contributed by atoms with E-state index in [0.717, 1.165) is 18.6 Å². The lowest BCUT2D eigenvalue weighted by atomic mass is 9.98. The molecule has 0 aromatic heterocycles. The van der Waals surface area contributed by atoms with E-state index in [0.29, 0.717) is 23.0 Å². The summed E-state index contributed by atoms with van der Waals surface area (Å²) in [5.41, 5.74) is 0. The third-order valence-corrected chi connectivity index (χ3v) is 6.60. The first-order valence-corrected chi connectivity index (χ1v) is 12.3. The number of ether oxygens (including phenoxy) is 7. The molecule has 198 valence electrons. The van der Waals surface area contributed by atoms with E-state index >= 15 is 0 Å². The van der Waals surface area contributed by atoms with Gasteiger partial charge in [-0.25, -0.2) is 0 Å². The molecule has 0 bridgehead atoms. The molecule has 2 aromatic rings. The Bertz CT molecular complexity index is 943. The molecule has 2 fully saturated rings. The summed E-state index contributed by atoms with van der Waals surface area (Å²) in [5, 5.41) is 21.6. The van der Waals surface area contributed by atoms with Crippen LogP contribution in [0, 0.1) is 0 Å². The second-order valence-electron chi connectivity index (χ2n) is 9.02. The number of hydrogen-bond donors (Lipinski definition) is 2. The van der Waals surface area contributed by atoms with Gasteiger partial charge < -0.3 is 43.4 Å². The fourth-order valence-electron chi connectivity index (χ4n) is 4.57. The minimum Gasteiger partial charge on any atom is -0.493 e. The van der Waals surface area contributed by atoms with E-state index in [1.165, 1.54) is 33.5 Å². The average Bonchev–Trinajstić information content (AvgIpc) is 2.92. The average molecular weight is 505 g/mol. The molecule has 4 rings (SSSR count). The van der Waals surface area contributed by atoms with Crippen LogP contribution in [0.1, 0.15) is 32.1 Å². The van der Waals surface area contributed by atoms with Gasteiger partial charge in [-0.05, 0) is 62.1 Å². The molecule has 1 saturated heterocycles. The highest BCUT2D eigenvalue weighted by atomic mass is 16.7. The SMILES string of the molecule is COc1ccc(OC[C@H]2O[C@H](OC)[C@H](Oc3ccc(OC4CCCCC4)cc3)[C@@H](O)[C@@H]2O)cc1OC. The van der Waals surface area contributed by atoms with Crippen LogP contribution in [0.3, 0.4) is 0 Å². The van der Waals surface area contributed by atoms with Crippen molar-refractivity contribution in [2.75, 3.05) is 27.9 Å². The van der Waals surface area contributed by atoms with Crippen LogP contribution in [0.25, 0.3) is 0 Å². The van der Waals surface area contributed by atoms with Gasteiger partial charge in [-0.15, -0.1) is 0 Å². The van der Waals surface area contributed by atoms with Crippen LogP contribution in [-0.4, -0.2) is 75.0 Å². The van der Waals surface area contributed by atoms with Gasteiger partial charge in [0.05, 0.1) is 20.3 Å². The standard InChI is InChI=1S/C27H36O9/c1-30-21-14-13-20(15-22(21)31-2)33-16-23-24(28)25(29)26(27(32-3)36-23)35-19-11-9-18(10-12-19)34-17-7-5-4-6-8-17/h9-15,17,23-29H,4-8,16H2,1-3H3/t23-,24-,25+,26-,27+/m1/s1. The number of methoxy groups -OCH3 is 3. The molecular weight excluding hydrogens is 468 g/mol. The molecule has 1 aliphatic carbocycles. The molecule has 9 nitrogen and oxygen atoms in total. The highest BCUT2D eigenvalue weighted by Gasteiger charge is 2.46. The third-order valence-electron chi connectivity index (χ3n) is 6.60. The fraction of sp³-hybridized carbons (Fsp3) is 0.556. The summed E-state index contributed by atoms with van der Waals surface area (Å²) < 4.78 is 39.7. The summed E-state index contributed by atoms with van der Waals surface area (Å²) in [5.74, 6) is 2.87. The third kappa shape index (κ3) is 6.34. The van der Waals surface area contributed by atoms with E-state index in [2.05, 4.69) is 0 Å². The number of aliphatic hydroxyl groups excluding tert-OH is 2. The van der Waals surface area contributed by atoms with E-state index in [4.69, 9.17) is 33.2 Å². The van der Waals surface area contributed by atoms with Gasteiger partial charge in [-0.3, -0.25) is 0 Å². The zero-order chi connectivity index (χ0) is 25.5. The molecule has 0 unspecified atom stereocenters. The number of aliphatic hydroxyl groups is 2. The Labute approximate surface area is 211 Å². The lowest BCUT2D eigenvalue weighted by Gasteiger charge is -2.41. The van der Waals surface area contributed by atoms with Crippen LogP contribution < -0.4 is 23.7 Å². The lowest BCUT2D eigenvalue weighted by Crippen LogP contribution is -2.61. The zero-order valence-electron chi connectivity index (χ0n) is 21.0. The predicted molar refractivity (Wildman–Crippen MR) is 131 cm³/mol. The topological polar surface area (TPSA) is 105 Å². The van der Waals surface area contributed by atoms with E-state index in [1.807, 2.05) is 12.1 Å². The maximum atomic E-state index is 10.8.